The summed E-state index contributed by atoms with van der Waals surface area (Å²) in [5.41, 5.74) is 8.33. The van der Waals surface area contributed by atoms with E-state index in [0.717, 1.165) is 30.7 Å². The first kappa shape index (κ1) is 17.5. The number of rotatable bonds is 5. The quantitative estimate of drug-likeness (QED) is 0.831. The van der Waals surface area contributed by atoms with Crippen molar-refractivity contribution in [3.8, 4) is 6.07 Å². The normalized spacial score (nSPS) is 17.6. The molecule has 0 saturated carbocycles. The molecule has 3 heterocycles. The Morgan fingerprint density at radius 3 is 3.00 bits per heavy atom. The second-order valence-corrected chi connectivity index (χ2v) is 7.21. The Kier molecular flexibility index (Phi) is 5.11. The van der Waals surface area contributed by atoms with Crippen LogP contribution in [0.15, 0.2) is 18.3 Å². The average Bonchev–Trinajstić information content (AvgIpc) is 3.27. The van der Waals surface area contributed by atoms with Gasteiger partial charge in [-0.15, -0.1) is 11.3 Å². The van der Waals surface area contributed by atoms with Crippen LogP contribution < -0.4 is 5.73 Å². The van der Waals surface area contributed by atoms with Crippen molar-refractivity contribution in [3.63, 3.8) is 0 Å². The van der Waals surface area contributed by atoms with Gasteiger partial charge in [0.25, 0.3) is 0 Å². The van der Waals surface area contributed by atoms with E-state index in [9.17, 15) is 10.1 Å². The van der Waals surface area contributed by atoms with Crippen molar-refractivity contribution >= 4 is 22.3 Å². The van der Waals surface area contributed by atoms with Crippen LogP contribution >= 0.6 is 11.3 Å². The van der Waals surface area contributed by atoms with Gasteiger partial charge in [0.05, 0.1) is 18.2 Å². The lowest BCUT2D eigenvalue weighted by molar-refractivity contribution is 0.0529. The number of thiophene rings is 1. The summed E-state index contributed by atoms with van der Waals surface area (Å²) in [5.74, 6) is -0.398. The number of carbonyl (C=O) groups excluding carboxylic acids is 1. The van der Waals surface area contributed by atoms with E-state index >= 15 is 0 Å². The molecule has 25 heavy (non-hydrogen) atoms. The Labute approximate surface area is 151 Å². The summed E-state index contributed by atoms with van der Waals surface area (Å²) in [6.07, 6.45) is 4.19. The molecule has 1 atom stereocenters. The van der Waals surface area contributed by atoms with Crippen molar-refractivity contribution < 1.29 is 9.53 Å². The number of ether oxygens (including phenoxy) is 1. The fourth-order valence-corrected chi connectivity index (χ4v) is 4.42. The smallest absolute Gasteiger partial charge is 0.348 e. The molecule has 6 nitrogen and oxygen atoms in total. The summed E-state index contributed by atoms with van der Waals surface area (Å²) in [7, 11) is 2.04. The Morgan fingerprint density at radius 2 is 2.36 bits per heavy atom. The maximum atomic E-state index is 12.3. The van der Waals surface area contributed by atoms with Crippen LogP contribution in [-0.2, 0) is 18.3 Å². The van der Waals surface area contributed by atoms with Crippen molar-refractivity contribution in [1.29, 1.82) is 5.26 Å². The molecule has 2 N–H and O–H groups in total. The molecule has 0 radical (unpaired) electrons. The predicted octanol–water partition coefficient (Wildman–Crippen LogP) is 3.05. The predicted molar refractivity (Wildman–Crippen MR) is 97.2 cm³/mol. The Bertz CT molecular complexity index is 818. The molecule has 3 rings (SSSR count). The van der Waals surface area contributed by atoms with Gasteiger partial charge in [0.1, 0.15) is 15.9 Å². The fraction of sp³-hybridized carbons (Fsp3) is 0.444. The molecule has 1 saturated heterocycles. The molecule has 132 valence electrons. The van der Waals surface area contributed by atoms with Crippen LogP contribution in [-0.4, -0.2) is 28.6 Å². The lowest BCUT2D eigenvalue weighted by Gasteiger charge is -2.25. The number of hydrogen-bond donors (Lipinski definition) is 1. The molecule has 2 aromatic heterocycles. The van der Waals surface area contributed by atoms with E-state index in [1.807, 2.05) is 19.3 Å². The van der Waals surface area contributed by atoms with Gasteiger partial charge in [0.2, 0.25) is 0 Å². The van der Waals surface area contributed by atoms with Gasteiger partial charge >= 0.3 is 5.97 Å². The number of anilines is 1. The van der Waals surface area contributed by atoms with E-state index in [4.69, 9.17) is 10.5 Å². The summed E-state index contributed by atoms with van der Waals surface area (Å²) in [6, 6.07) is 6.61. The van der Waals surface area contributed by atoms with Crippen LogP contribution in [0.4, 0.5) is 5.00 Å². The Balaban J connectivity index is 1.93. The third-order valence-electron chi connectivity index (χ3n) is 4.66. The van der Waals surface area contributed by atoms with Crippen molar-refractivity contribution in [2.45, 2.75) is 32.4 Å². The highest BCUT2D eigenvalue weighted by atomic mass is 32.1. The minimum atomic E-state index is -0.398. The lowest BCUT2D eigenvalue weighted by atomic mass is 10.1. The zero-order valence-corrected chi connectivity index (χ0v) is 15.3. The third kappa shape index (κ3) is 3.28. The molecule has 0 aromatic carbocycles. The maximum absolute atomic E-state index is 12.3. The number of aryl methyl sites for hydroxylation is 1. The average molecular weight is 358 g/mol. The van der Waals surface area contributed by atoms with Gasteiger partial charge in [-0.05, 0) is 38.4 Å². The van der Waals surface area contributed by atoms with Gasteiger partial charge in [-0.1, -0.05) is 0 Å². The maximum Gasteiger partial charge on any atom is 0.348 e. The zero-order chi connectivity index (χ0) is 18.0. The number of nitrogens with zero attached hydrogens (tertiary/aromatic N) is 3. The highest BCUT2D eigenvalue weighted by molar-refractivity contribution is 7.18. The van der Waals surface area contributed by atoms with Gasteiger partial charge in [-0.2, -0.15) is 5.26 Å². The standard InChI is InChI=1S/C18H22N4O2S/c1-3-24-18(23)16-13(12(10-19)17(20)25-16)11-22-9-5-7-15(22)14-6-4-8-21(14)2/h4,6,8,15H,3,5,7,9,11,20H2,1-2H3/t15-/m1/s1. The molecule has 1 fully saturated rings. The van der Waals surface area contributed by atoms with Crippen LogP contribution in [0.2, 0.25) is 0 Å². The minimum Gasteiger partial charge on any atom is -0.462 e. The number of aromatic nitrogens is 1. The number of nitrogen functional groups attached to an aromatic ring is 1. The van der Waals surface area contributed by atoms with Crippen LogP contribution in [0.1, 0.15) is 52.3 Å². The fourth-order valence-electron chi connectivity index (χ4n) is 3.49. The molecule has 0 bridgehead atoms. The molecule has 0 spiro atoms. The highest BCUT2D eigenvalue weighted by Gasteiger charge is 2.31. The topological polar surface area (TPSA) is 84.3 Å². The molecule has 0 aliphatic carbocycles. The van der Waals surface area contributed by atoms with Crippen molar-refractivity contribution in [1.82, 2.24) is 9.47 Å². The van der Waals surface area contributed by atoms with E-state index in [1.54, 1.807) is 6.92 Å². The third-order valence-corrected chi connectivity index (χ3v) is 5.70. The number of esters is 1. The summed E-state index contributed by atoms with van der Waals surface area (Å²) >= 11 is 1.15. The van der Waals surface area contributed by atoms with Crippen LogP contribution in [0.3, 0.4) is 0 Å². The van der Waals surface area contributed by atoms with E-state index in [2.05, 4.69) is 21.6 Å². The first-order chi connectivity index (χ1) is 12.1. The number of nitrogens with two attached hydrogens (primary N) is 1. The lowest BCUT2D eigenvalue weighted by Crippen LogP contribution is -2.25. The first-order valence-corrected chi connectivity index (χ1v) is 9.22. The van der Waals surface area contributed by atoms with E-state index in [0.29, 0.717) is 34.2 Å². The van der Waals surface area contributed by atoms with E-state index in [1.165, 1.54) is 5.69 Å². The molecular weight excluding hydrogens is 336 g/mol. The highest BCUT2D eigenvalue weighted by Crippen LogP contribution is 2.37. The minimum absolute atomic E-state index is 0.280. The molecule has 1 aliphatic rings. The molecule has 1 aliphatic heterocycles. The molecule has 2 aromatic rings. The van der Waals surface area contributed by atoms with Gasteiger partial charge in [0, 0.05) is 31.0 Å². The largest absolute Gasteiger partial charge is 0.462 e. The van der Waals surface area contributed by atoms with Crippen LogP contribution in [0, 0.1) is 11.3 Å². The monoisotopic (exact) mass is 358 g/mol. The summed E-state index contributed by atoms with van der Waals surface area (Å²) in [6.45, 7) is 3.53. The van der Waals surface area contributed by atoms with Gasteiger partial charge in [-0.25, -0.2) is 4.79 Å². The zero-order valence-electron chi connectivity index (χ0n) is 14.5. The van der Waals surface area contributed by atoms with Crippen molar-refractivity contribution in [3.05, 3.63) is 40.0 Å². The molecule has 7 heteroatoms. The van der Waals surface area contributed by atoms with Gasteiger partial charge in [-0.3, -0.25) is 4.90 Å². The number of hydrogen-bond acceptors (Lipinski definition) is 6. The van der Waals surface area contributed by atoms with E-state index < -0.39 is 5.97 Å². The number of nitriles is 1. The number of likely N-dealkylation sites (tertiary alicyclic amines) is 1. The molecule has 0 amide bonds. The van der Waals surface area contributed by atoms with Gasteiger partial charge in [0.15, 0.2) is 0 Å². The van der Waals surface area contributed by atoms with Crippen molar-refractivity contribution in [2.24, 2.45) is 7.05 Å². The summed E-state index contributed by atoms with van der Waals surface area (Å²) in [5, 5.41) is 9.88. The number of carbonyl (C=O) groups is 1. The first-order valence-electron chi connectivity index (χ1n) is 8.40. The summed E-state index contributed by atoms with van der Waals surface area (Å²) in [4.78, 5) is 15.1. The SMILES string of the molecule is CCOC(=O)c1sc(N)c(C#N)c1CN1CCC[C@@H]1c1cccn1C. The Hall–Kier alpha value is -2.30. The molecule has 0 unspecified atom stereocenters. The van der Waals surface area contributed by atoms with Crippen LogP contribution in [0.5, 0.6) is 0 Å². The van der Waals surface area contributed by atoms with Crippen molar-refractivity contribution in [2.75, 3.05) is 18.9 Å². The Morgan fingerprint density at radius 1 is 1.56 bits per heavy atom. The van der Waals surface area contributed by atoms with Gasteiger partial charge < -0.3 is 15.0 Å². The summed E-state index contributed by atoms with van der Waals surface area (Å²) < 4.78 is 7.28. The van der Waals surface area contributed by atoms with E-state index in [-0.39, 0.29) is 6.04 Å². The second-order valence-electron chi connectivity index (χ2n) is 6.15. The second kappa shape index (κ2) is 7.30. The van der Waals surface area contributed by atoms with Crippen LogP contribution in [0.25, 0.3) is 0 Å². The molecular formula is C18H22N4O2S.